The standard InChI is InChI=1S/C45H31N3/c1-44(2,3)33-15-17-34(18-16-33)45-40-19-14-28(25-46)20-37(40)43(38-21-31(26-47)35(23-41(38)45)29-10-6-4-7-11-29)39-22-32(27-48)36(24-42(39)45)30-12-8-5-9-13-30/h4-24,43H,1-3H3. The summed E-state index contributed by atoms with van der Waals surface area (Å²) in [5, 5.41) is 31.1. The van der Waals surface area contributed by atoms with E-state index in [1.54, 1.807) is 0 Å². The Balaban J connectivity index is 1.56. The van der Waals surface area contributed by atoms with Gasteiger partial charge in [0, 0.05) is 5.92 Å². The lowest BCUT2D eigenvalue weighted by atomic mass is 9.50. The zero-order valence-corrected chi connectivity index (χ0v) is 27.0. The first-order valence-electron chi connectivity index (χ1n) is 16.2. The molecule has 6 aromatic carbocycles. The average molecular weight is 614 g/mol. The topological polar surface area (TPSA) is 71.4 Å². The third-order valence-electron chi connectivity index (χ3n) is 10.3. The Hall–Kier alpha value is -6.21. The highest BCUT2D eigenvalue weighted by atomic mass is 14.5. The molecule has 0 heterocycles. The Morgan fingerprint density at radius 2 is 1.02 bits per heavy atom. The molecule has 3 aliphatic rings. The normalized spacial score (nSPS) is 16.9. The molecule has 0 saturated heterocycles. The minimum atomic E-state index is -0.770. The number of nitrogens with zero attached hydrogens (tertiary/aromatic N) is 3. The Morgan fingerprint density at radius 3 is 1.48 bits per heavy atom. The predicted octanol–water partition coefficient (Wildman–Crippen LogP) is 10.1. The first-order valence-corrected chi connectivity index (χ1v) is 16.2. The first kappa shape index (κ1) is 29.2. The van der Waals surface area contributed by atoms with Crippen LogP contribution in [0.5, 0.6) is 0 Å². The minimum Gasteiger partial charge on any atom is -0.192 e. The van der Waals surface area contributed by atoms with Crippen molar-refractivity contribution in [2.75, 3.05) is 0 Å². The lowest BCUT2D eigenvalue weighted by Gasteiger charge is -2.51. The summed E-state index contributed by atoms with van der Waals surface area (Å²) in [5.41, 5.74) is 13.6. The number of rotatable bonds is 3. The fourth-order valence-electron chi connectivity index (χ4n) is 8.10. The second kappa shape index (κ2) is 10.7. The fraction of sp³-hybridized carbons (Fsp3) is 0.133. The minimum absolute atomic E-state index is 0.0276. The molecule has 0 N–H and O–H groups in total. The molecule has 0 unspecified atom stereocenters. The van der Waals surface area contributed by atoms with E-state index in [1.807, 2.05) is 48.5 Å². The van der Waals surface area contributed by atoms with Gasteiger partial charge in [0.25, 0.3) is 0 Å². The maximum atomic E-state index is 10.5. The maximum Gasteiger partial charge on any atom is 0.0998 e. The van der Waals surface area contributed by atoms with Gasteiger partial charge in [-0.3, -0.25) is 0 Å². The van der Waals surface area contributed by atoms with Crippen LogP contribution < -0.4 is 0 Å². The summed E-state index contributed by atoms with van der Waals surface area (Å²) < 4.78 is 0. The van der Waals surface area contributed by atoms with Gasteiger partial charge in [-0.05, 0) is 109 Å². The Bertz CT molecular complexity index is 2280. The molecular formula is C45H31N3. The van der Waals surface area contributed by atoms with E-state index in [-0.39, 0.29) is 11.3 Å². The van der Waals surface area contributed by atoms with Crippen molar-refractivity contribution in [2.45, 2.75) is 37.5 Å². The molecule has 0 spiro atoms. The van der Waals surface area contributed by atoms with Gasteiger partial charge in [-0.2, -0.15) is 15.8 Å². The summed E-state index contributed by atoms with van der Waals surface area (Å²) in [7, 11) is 0. The molecule has 48 heavy (non-hydrogen) atoms. The van der Waals surface area contributed by atoms with Crippen molar-refractivity contribution < 1.29 is 0 Å². The molecule has 0 amide bonds. The van der Waals surface area contributed by atoms with Gasteiger partial charge in [-0.15, -0.1) is 0 Å². The van der Waals surface area contributed by atoms with E-state index < -0.39 is 5.41 Å². The summed E-state index contributed by atoms with van der Waals surface area (Å²) >= 11 is 0. The SMILES string of the molecule is CC(C)(C)c1ccc(C23c4ccc(C#N)cc4C(c4cc(C#N)c(-c5ccccc5)cc42)c2cc(C#N)c(-c4ccccc4)cc23)cc1. The van der Waals surface area contributed by atoms with E-state index in [9.17, 15) is 15.8 Å². The van der Waals surface area contributed by atoms with Crippen LogP contribution in [0.1, 0.15) is 87.9 Å². The molecule has 0 atom stereocenters. The average Bonchev–Trinajstić information content (AvgIpc) is 3.13. The van der Waals surface area contributed by atoms with Gasteiger partial charge in [-0.1, -0.05) is 112 Å². The van der Waals surface area contributed by atoms with Crippen LogP contribution in [-0.4, -0.2) is 0 Å². The highest BCUT2D eigenvalue weighted by Gasteiger charge is 2.53. The summed E-state index contributed by atoms with van der Waals surface area (Å²) in [6.45, 7) is 6.67. The van der Waals surface area contributed by atoms with Crippen molar-refractivity contribution in [3.05, 3.63) is 189 Å². The Kier molecular flexibility index (Phi) is 6.49. The van der Waals surface area contributed by atoms with Crippen molar-refractivity contribution in [2.24, 2.45) is 0 Å². The molecule has 0 radical (unpaired) electrons. The van der Waals surface area contributed by atoms with Crippen molar-refractivity contribution in [1.82, 2.24) is 0 Å². The molecular weight excluding hydrogens is 583 g/mol. The molecule has 6 aromatic rings. The Morgan fingerprint density at radius 1 is 0.521 bits per heavy atom. The largest absolute Gasteiger partial charge is 0.192 e. The van der Waals surface area contributed by atoms with Crippen molar-refractivity contribution in [3.63, 3.8) is 0 Å². The van der Waals surface area contributed by atoms with E-state index in [0.717, 1.165) is 61.2 Å². The van der Waals surface area contributed by atoms with Gasteiger partial charge >= 0.3 is 0 Å². The van der Waals surface area contributed by atoms with Gasteiger partial charge in [0.1, 0.15) is 0 Å². The van der Waals surface area contributed by atoms with Crippen LogP contribution >= 0.6 is 0 Å². The quantitative estimate of drug-likeness (QED) is 0.199. The smallest absolute Gasteiger partial charge is 0.0998 e. The zero-order valence-electron chi connectivity index (χ0n) is 27.0. The predicted molar refractivity (Wildman–Crippen MR) is 189 cm³/mol. The third-order valence-corrected chi connectivity index (χ3v) is 10.3. The molecule has 0 fully saturated rings. The van der Waals surface area contributed by atoms with Gasteiger partial charge < -0.3 is 0 Å². The number of hydrogen-bond donors (Lipinski definition) is 0. The third kappa shape index (κ3) is 4.10. The van der Waals surface area contributed by atoms with Crippen LogP contribution in [-0.2, 0) is 10.8 Å². The molecule has 2 bridgehead atoms. The monoisotopic (exact) mass is 613 g/mol. The van der Waals surface area contributed by atoms with Gasteiger partial charge in [0.2, 0.25) is 0 Å². The molecule has 0 saturated carbocycles. The molecule has 0 aromatic heterocycles. The molecule has 0 aliphatic heterocycles. The second-order valence-electron chi connectivity index (χ2n) is 13.8. The number of nitriles is 3. The van der Waals surface area contributed by atoms with Crippen LogP contribution in [0.15, 0.2) is 127 Å². The summed E-state index contributed by atoms with van der Waals surface area (Å²) in [6, 6.07) is 51.2. The van der Waals surface area contributed by atoms with Crippen molar-refractivity contribution in [3.8, 4) is 40.5 Å². The lowest BCUT2D eigenvalue weighted by molar-refractivity contribution is 0.587. The van der Waals surface area contributed by atoms with Crippen molar-refractivity contribution >= 4 is 0 Å². The zero-order chi connectivity index (χ0) is 33.2. The Labute approximate surface area is 281 Å². The van der Waals surface area contributed by atoms with E-state index >= 15 is 0 Å². The summed E-state index contributed by atoms with van der Waals surface area (Å²) in [6.07, 6.45) is 0. The lowest BCUT2D eigenvalue weighted by Crippen LogP contribution is -2.43. The maximum absolute atomic E-state index is 10.5. The highest BCUT2D eigenvalue weighted by Crippen LogP contribution is 2.63. The van der Waals surface area contributed by atoms with E-state index in [0.29, 0.717) is 16.7 Å². The van der Waals surface area contributed by atoms with Gasteiger partial charge in [0.05, 0.1) is 40.3 Å². The first-order chi connectivity index (χ1) is 23.3. The molecule has 9 rings (SSSR count). The highest BCUT2D eigenvalue weighted by molar-refractivity contribution is 5.84. The molecule has 3 nitrogen and oxygen atoms in total. The van der Waals surface area contributed by atoms with Crippen LogP contribution in [0.4, 0.5) is 0 Å². The van der Waals surface area contributed by atoms with Crippen molar-refractivity contribution in [1.29, 1.82) is 15.8 Å². The fourth-order valence-corrected chi connectivity index (χ4v) is 8.10. The van der Waals surface area contributed by atoms with E-state index in [4.69, 9.17) is 0 Å². The summed E-state index contributed by atoms with van der Waals surface area (Å²) in [4.78, 5) is 0. The molecule has 3 heteroatoms. The van der Waals surface area contributed by atoms with Crippen LogP contribution in [0.3, 0.4) is 0 Å². The van der Waals surface area contributed by atoms with E-state index in [2.05, 4.69) is 118 Å². The molecule has 3 aliphatic carbocycles. The number of benzene rings is 6. The number of hydrogen-bond acceptors (Lipinski definition) is 3. The van der Waals surface area contributed by atoms with Gasteiger partial charge in [-0.25, -0.2) is 0 Å². The second-order valence-corrected chi connectivity index (χ2v) is 13.8. The van der Waals surface area contributed by atoms with Crippen LogP contribution in [0.25, 0.3) is 22.3 Å². The molecule has 226 valence electrons. The van der Waals surface area contributed by atoms with E-state index in [1.165, 1.54) is 5.56 Å². The van der Waals surface area contributed by atoms with Crippen LogP contribution in [0, 0.1) is 34.0 Å². The van der Waals surface area contributed by atoms with Crippen LogP contribution in [0.2, 0.25) is 0 Å². The van der Waals surface area contributed by atoms with Gasteiger partial charge in [0.15, 0.2) is 0 Å². The summed E-state index contributed by atoms with van der Waals surface area (Å²) in [5.74, 6) is -0.247.